The molecule has 4 N–H and O–H groups in total. The molecule has 4 rings (SSSR count). The topological polar surface area (TPSA) is 118 Å². The van der Waals surface area contributed by atoms with Crippen molar-refractivity contribution in [1.29, 1.82) is 0 Å². The number of hydrogen-bond donors (Lipinski definition) is 3. The van der Waals surface area contributed by atoms with Gasteiger partial charge in [0.05, 0.1) is 17.6 Å². The number of aryl methyl sites for hydroxylation is 1. The van der Waals surface area contributed by atoms with E-state index < -0.39 is 11.2 Å². The Labute approximate surface area is 195 Å². The van der Waals surface area contributed by atoms with Crippen LogP contribution >= 0.6 is 0 Å². The highest BCUT2D eigenvalue weighted by molar-refractivity contribution is 5.97. The van der Waals surface area contributed by atoms with Gasteiger partial charge in [-0.15, -0.1) is 0 Å². The smallest absolute Gasteiger partial charge is 0.229 e. The molecule has 34 heavy (non-hydrogen) atoms. The lowest BCUT2D eigenvalue weighted by Crippen LogP contribution is -2.27. The Hall–Kier alpha value is -4.27. The van der Waals surface area contributed by atoms with Gasteiger partial charge in [0.25, 0.3) is 0 Å². The van der Waals surface area contributed by atoms with Crippen molar-refractivity contribution in [3.05, 3.63) is 71.7 Å². The molecular formula is C25H25FN6O2. The van der Waals surface area contributed by atoms with Crippen LogP contribution in [0.15, 0.2) is 59.9 Å². The average Bonchev–Trinajstić information content (AvgIpc) is 3.22. The van der Waals surface area contributed by atoms with Crippen molar-refractivity contribution in [2.45, 2.75) is 27.7 Å². The lowest BCUT2D eigenvalue weighted by Gasteiger charge is -2.19. The number of rotatable bonds is 4. The van der Waals surface area contributed by atoms with E-state index in [1.807, 2.05) is 45.9 Å². The van der Waals surface area contributed by atoms with Crippen LogP contribution in [-0.4, -0.2) is 31.5 Å². The van der Waals surface area contributed by atoms with Crippen molar-refractivity contribution in [1.82, 2.24) is 14.6 Å². The second-order valence-corrected chi connectivity index (χ2v) is 9.06. The molecule has 0 saturated carbocycles. The highest BCUT2D eigenvalue weighted by Crippen LogP contribution is 2.28. The van der Waals surface area contributed by atoms with Crippen LogP contribution in [0.3, 0.4) is 0 Å². The molecule has 2 aromatic heterocycles. The van der Waals surface area contributed by atoms with E-state index in [-0.39, 0.29) is 22.9 Å². The maximum absolute atomic E-state index is 14.7. The Bertz CT molecular complexity index is 1440. The van der Waals surface area contributed by atoms with Gasteiger partial charge in [0.15, 0.2) is 11.5 Å². The van der Waals surface area contributed by atoms with Gasteiger partial charge in [-0.25, -0.2) is 13.9 Å². The number of amidine groups is 1. The van der Waals surface area contributed by atoms with Crippen LogP contribution in [0.1, 0.15) is 31.9 Å². The molecule has 4 aromatic rings. The molecule has 0 fully saturated rings. The van der Waals surface area contributed by atoms with E-state index in [0.717, 1.165) is 16.8 Å². The minimum absolute atomic E-state index is 0.0749. The summed E-state index contributed by atoms with van der Waals surface area (Å²) in [5, 5.41) is 19.2. The van der Waals surface area contributed by atoms with Crippen LogP contribution < -0.4 is 11.1 Å². The number of anilines is 1. The predicted octanol–water partition coefficient (Wildman–Crippen LogP) is 4.59. The number of nitrogens with one attached hydrogen (secondary N) is 1. The summed E-state index contributed by atoms with van der Waals surface area (Å²) in [6.45, 7) is 7.51. The summed E-state index contributed by atoms with van der Waals surface area (Å²) < 4.78 is 16.3. The number of benzene rings is 2. The van der Waals surface area contributed by atoms with Crippen LogP contribution in [0.5, 0.6) is 0 Å². The van der Waals surface area contributed by atoms with Crippen molar-refractivity contribution in [3.8, 4) is 22.5 Å². The number of aromatic nitrogens is 3. The Morgan fingerprint density at radius 2 is 1.88 bits per heavy atom. The summed E-state index contributed by atoms with van der Waals surface area (Å²) in [5.41, 5.74) is 9.69. The van der Waals surface area contributed by atoms with Gasteiger partial charge in [-0.1, -0.05) is 44.1 Å². The molecule has 0 saturated heterocycles. The standard InChI is InChI=1S/C25H25FN6O2/c1-14-5-6-15(12-20(14)29-24(33)25(2,3)4)21-13-32-22(28-21)10-9-19(30-32)17-8-7-16(11-18(17)26)23(27)31-34/h5-13,34H,1-4H3,(H2,27,31)(H,29,33). The molecular weight excluding hydrogens is 435 g/mol. The second-order valence-electron chi connectivity index (χ2n) is 9.06. The van der Waals surface area contributed by atoms with E-state index in [4.69, 9.17) is 10.9 Å². The molecule has 0 atom stereocenters. The summed E-state index contributed by atoms with van der Waals surface area (Å²) >= 11 is 0. The predicted molar refractivity (Wildman–Crippen MR) is 129 cm³/mol. The van der Waals surface area contributed by atoms with Crippen molar-refractivity contribution in [2.24, 2.45) is 16.3 Å². The van der Waals surface area contributed by atoms with Crippen molar-refractivity contribution in [2.75, 3.05) is 5.32 Å². The molecule has 2 aromatic carbocycles. The van der Waals surface area contributed by atoms with E-state index >= 15 is 0 Å². The van der Waals surface area contributed by atoms with Gasteiger partial charge in [-0.3, -0.25) is 4.79 Å². The van der Waals surface area contributed by atoms with Crippen LogP contribution in [0, 0.1) is 18.2 Å². The van der Waals surface area contributed by atoms with Gasteiger partial charge in [0, 0.05) is 27.8 Å². The molecule has 174 valence electrons. The minimum atomic E-state index is -0.547. The summed E-state index contributed by atoms with van der Waals surface area (Å²) in [5.74, 6) is -0.799. The number of nitrogens with zero attached hydrogens (tertiary/aromatic N) is 4. The van der Waals surface area contributed by atoms with Gasteiger partial charge in [0.2, 0.25) is 5.91 Å². The highest BCUT2D eigenvalue weighted by atomic mass is 19.1. The zero-order valence-corrected chi connectivity index (χ0v) is 19.3. The Morgan fingerprint density at radius 1 is 1.12 bits per heavy atom. The molecule has 8 nitrogen and oxygen atoms in total. The maximum atomic E-state index is 14.7. The molecule has 2 heterocycles. The number of fused-ring (bicyclic) bond motifs is 1. The Morgan fingerprint density at radius 3 is 2.56 bits per heavy atom. The summed E-state index contributed by atoms with van der Waals surface area (Å²) in [4.78, 5) is 17.1. The molecule has 0 aliphatic heterocycles. The van der Waals surface area contributed by atoms with Crippen molar-refractivity contribution in [3.63, 3.8) is 0 Å². The van der Waals surface area contributed by atoms with Crippen LogP contribution in [0.2, 0.25) is 0 Å². The largest absolute Gasteiger partial charge is 0.409 e. The van der Waals surface area contributed by atoms with Gasteiger partial charge >= 0.3 is 0 Å². The quantitative estimate of drug-likeness (QED) is 0.178. The number of nitrogens with two attached hydrogens (primary N) is 1. The number of amides is 1. The van der Waals surface area contributed by atoms with Crippen LogP contribution in [0.25, 0.3) is 28.2 Å². The number of carbonyl (C=O) groups excluding carboxylic acids is 1. The fraction of sp³-hybridized carbons (Fsp3) is 0.200. The third kappa shape index (κ3) is 4.45. The van der Waals surface area contributed by atoms with Gasteiger partial charge in [-0.2, -0.15) is 5.10 Å². The number of hydrogen-bond acceptors (Lipinski definition) is 5. The van der Waals surface area contributed by atoms with Gasteiger partial charge in [0.1, 0.15) is 5.82 Å². The first kappa shape index (κ1) is 22.9. The zero-order valence-electron chi connectivity index (χ0n) is 19.3. The monoisotopic (exact) mass is 460 g/mol. The zero-order chi connectivity index (χ0) is 24.6. The fourth-order valence-electron chi connectivity index (χ4n) is 3.33. The molecule has 0 aliphatic rings. The number of halogens is 1. The Kier molecular flexibility index (Phi) is 5.78. The Balaban J connectivity index is 1.68. The van der Waals surface area contributed by atoms with Gasteiger partial charge < -0.3 is 16.3 Å². The second kappa shape index (κ2) is 8.58. The summed E-state index contributed by atoms with van der Waals surface area (Å²) in [6.07, 6.45) is 1.75. The van der Waals surface area contributed by atoms with E-state index in [9.17, 15) is 9.18 Å². The lowest BCUT2D eigenvalue weighted by atomic mass is 9.95. The SMILES string of the molecule is Cc1ccc(-c2cn3nc(-c4ccc(/C(N)=N\O)cc4F)ccc3n2)cc1NC(=O)C(C)(C)C. The number of carbonyl (C=O) groups is 1. The average molecular weight is 461 g/mol. The number of imidazole rings is 1. The highest BCUT2D eigenvalue weighted by Gasteiger charge is 2.22. The minimum Gasteiger partial charge on any atom is -0.409 e. The molecule has 0 aliphatic carbocycles. The summed E-state index contributed by atoms with van der Waals surface area (Å²) in [6, 6.07) is 13.4. The van der Waals surface area contributed by atoms with Crippen molar-refractivity contribution < 1.29 is 14.4 Å². The fourth-order valence-corrected chi connectivity index (χ4v) is 3.33. The molecule has 9 heteroatoms. The molecule has 0 unspecified atom stereocenters. The lowest BCUT2D eigenvalue weighted by molar-refractivity contribution is -0.123. The van der Waals surface area contributed by atoms with Gasteiger partial charge in [-0.05, 0) is 42.8 Å². The first-order chi connectivity index (χ1) is 16.1. The first-order valence-electron chi connectivity index (χ1n) is 10.6. The summed E-state index contributed by atoms with van der Waals surface area (Å²) in [7, 11) is 0. The van der Waals surface area contributed by atoms with E-state index in [0.29, 0.717) is 17.0 Å². The van der Waals surface area contributed by atoms with Crippen molar-refractivity contribution >= 4 is 23.1 Å². The third-order valence-electron chi connectivity index (χ3n) is 5.43. The normalized spacial score (nSPS) is 12.2. The molecule has 0 bridgehead atoms. The van der Waals surface area contributed by atoms with Crippen LogP contribution in [-0.2, 0) is 4.79 Å². The van der Waals surface area contributed by atoms with Crippen LogP contribution in [0.4, 0.5) is 10.1 Å². The molecule has 1 amide bonds. The van der Waals surface area contributed by atoms with E-state index in [1.54, 1.807) is 28.9 Å². The molecule has 0 radical (unpaired) electrons. The first-order valence-corrected chi connectivity index (χ1v) is 10.6. The van der Waals surface area contributed by atoms with E-state index in [2.05, 4.69) is 20.6 Å². The molecule has 0 spiro atoms. The maximum Gasteiger partial charge on any atom is 0.229 e. The number of oxime groups is 1. The third-order valence-corrected chi connectivity index (χ3v) is 5.43. The van der Waals surface area contributed by atoms with E-state index in [1.165, 1.54) is 12.1 Å².